The number of phenolic OH excluding ortho intramolecular Hbond substituents is 1. The Morgan fingerprint density at radius 1 is 0.355 bits per heavy atom. The number of anilines is 6. The summed E-state index contributed by atoms with van der Waals surface area (Å²) in [5.41, 5.74) is 15.2. The summed E-state index contributed by atoms with van der Waals surface area (Å²) in [6.45, 7) is 6.79. The second kappa shape index (κ2) is 17.3. The van der Waals surface area contributed by atoms with Crippen LogP contribution in [-0.4, -0.2) is 5.11 Å². The summed E-state index contributed by atoms with van der Waals surface area (Å²) in [5.74, 6) is 0.183. The molecule has 0 atom stereocenters. The number of hydrogen-bond acceptors (Lipinski definition) is 3. The molecule has 0 fully saturated rings. The number of para-hydroxylation sites is 2. The van der Waals surface area contributed by atoms with Crippen LogP contribution in [0.25, 0.3) is 44.5 Å². The first-order chi connectivity index (χ1) is 30.2. The van der Waals surface area contributed by atoms with Gasteiger partial charge in [0.05, 0.1) is 11.4 Å². The van der Waals surface area contributed by atoms with Crippen LogP contribution in [0.2, 0.25) is 5.02 Å². The molecule has 0 unspecified atom stereocenters. The number of aromatic hydroxyl groups is 1. The van der Waals surface area contributed by atoms with Crippen molar-refractivity contribution in [1.29, 1.82) is 0 Å². The Morgan fingerprint density at radius 3 is 1.06 bits per heavy atom. The Kier molecular flexibility index (Phi) is 11.2. The van der Waals surface area contributed by atoms with E-state index in [1.54, 1.807) is 6.07 Å². The molecule has 3 nitrogen and oxygen atoms in total. The summed E-state index contributed by atoms with van der Waals surface area (Å²) < 4.78 is 0. The van der Waals surface area contributed by atoms with Gasteiger partial charge >= 0.3 is 0 Å². The summed E-state index contributed by atoms with van der Waals surface area (Å²) in [4.78, 5) is 4.69. The molecule has 0 aromatic heterocycles. The maximum Gasteiger partial charge on any atom is 0.117 e. The standard InChI is InChI=1S/C58H47ClN2O/c1-58(2,3)45-36-49(60(47-29-16-28-46(59)38-47)56-52(41-20-8-4-9-21-41)32-18-33-53(56)42-22-10-5-11-23-42)39-50(37-45)61(48-30-17-31-51(62)40-48)57-54(43-24-12-6-13-25-43)34-19-35-55(57)44-26-14-7-15-27-44/h4-40,62H,1-3H3. The van der Waals surface area contributed by atoms with Crippen LogP contribution in [0.15, 0.2) is 224 Å². The van der Waals surface area contributed by atoms with Crippen LogP contribution in [0.5, 0.6) is 5.75 Å². The van der Waals surface area contributed by atoms with Crippen molar-refractivity contribution in [3.63, 3.8) is 0 Å². The van der Waals surface area contributed by atoms with Crippen LogP contribution in [0.3, 0.4) is 0 Å². The minimum atomic E-state index is -0.266. The molecule has 9 aromatic rings. The number of benzene rings is 9. The van der Waals surface area contributed by atoms with Crippen LogP contribution >= 0.6 is 11.6 Å². The Hall–Kier alpha value is -7.33. The zero-order valence-corrected chi connectivity index (χ0v) is 35.8. The summed E-state index contributed by atoms with van der Waals surface area (Å²) >= 11 is 6.93. The molecule has 62 heavy (non-hydrogen) atoms. The first-order valence-electron chi connectivity index (χ1n) is 21.0. The Bertz CT molecular complexity index is 2650. The third-order valence-corrected chi connectivity index (χ3v) is 11.5. The maximum atomic E-state index is 11.2. The van der Waals surface area contributed by atoms with Gasteiger partial charge in [0.15, 0.2) is 0 Å². The highest BCUT2D eigenvalue weighted by atomic mass is 35.5. The molecule has 0 aliphatic heterocycles. The van der Waals surface area contributed by atoms with Gasteiger partial charge in [0.1, 0.15) is 5.75 Å². The molecule has 0 aliphatic rings. The Balaban J connectivity index is 1.41. The van der Waals surface area contributed by atoms with E-state index >= 15 is 0 Å². The lowest BCUT2D eigenvalue weighted by Gasteiger charge is -2.35. The van der Waals surface area contributed by atoms with Crippen LogP contribution in [0.4, 0.5) is 34.1 Å². The number of halogens is 1. The number of nitrogens with zero attached hydrogens (tertiary/aromatic N) is 2. The fourth-order valence-electron chi connectivity index (χ4n) is 8.32. The molecule has 302 valence electrons. The van der Waals surface area contributed by atoms with Crippen LogP contribution < -0.4 is 9.80 Å². The van der Waals surface area contributed by atoms with E-state index in [1.165, 1.54) is 0 Å². The fraction of sp³-hybridized carbons (Fsp3) is 0.0690. The number of hydrogen-bond donors (Lipinski definition) is 1. The fourth-order valence-corrected chi connectivity index (χ4v) is 8.50. The van der Waals surface area contributed by atoms with E-state index in [1.807, 2.05) is 30.3 Å². The summed E-state index contributed by atoms with van der Waals surface area (Å²) in [5, 5.41) is 11.9. The first-order valence-corrected chi connectivity index (χ1v) is 21.4. The Labute approximate surface area is 370 Å². The highest BCUT2D eigenvalue weighted by molar-refractivity contribution is 6.31. The molecular formula is C58H47ClN2O. The summed E-state index contributed by atoms with van der Waals surface area (Å²) in [6.07, 6.45) is 0. The van der Waals surface area contributed by atoms with Crippen LogP contribution in [0.1, 0.15) is 26.3 Å². The van der Waals surface area contributed by atoms with Crippen molar-refractivity contribution in [1.82, 2.24) is 0 Å². The van der Waals surface area contributed by atoms with E-state index in [9.17, 15) is 5.11 Å². The molecule has 0 saturated heterocycles. The van der Waals surface area contributed by atoms with Gasteiger partial charge in [0.2, 0.25) is 0 Å². The van der Waals surface area contributed by atoms with Crippen molar-refractivity contribution >= 4 is 45.7 Å². The van der Waals surface area contributed by atoms with Crippen LogP contribution in [-0.2, 0) is 5.41 Å². The lowest BCUT2D eigenvalue weighted by atomic mass is 9.85. The first kappa shape index (κ1) is 40.1. The SMILES string of the molecule is CC(C)(C)c1cc(N(c2cccc(O)c2)c2c(-c3ccccc3)cccc2-c2ccccc2)cc(N(c2cccc(Cl)c2)c2c(-c3ccccc3)cccc2-c2ccccc2)c1. The average molecular weight is 823 g/mol. The van der Waals surface area contributed by atoms with Gasteiger partial charge in [-0.25, -0.2) is 0 Å². The average Bonchev–Trinajstić information content (AvgIpc) is 3.30. The smallest absolute Gasteiger partial charge is 0.117 e. The van der Waals surface area contributed by atoms with E-state index in [4.69, 9.17) is 11.6 Å². The van der Waals surface area contributed by atoms with E-state index in [0.29, 0.717) is 5.02 Å². The van der Waals surface area contributed by atoms with Gasteiger partial charge in [0, 0.05) is 56.1 Å². The van der Waals surface area contributed by atoms with Crippen molar-refractivity contribution in [2.24, 2.45) is 0 Å². The lowest BCUT2D eigenvalue weighted by Crippen LogP contribution is -2.19. The molecular weight excluding hydrogens is 776 g/mol. The molecule has 0 aliphatic carbocycles. The second-order valence-electron chi connectivity index (χ2n) is 16.5. The van der Waals surface area contributed by atoms with Gasteiger partial charge in [-0.3, -0.25) is 0 Å². The molecule has 9 rings (SSSR count). The van der Waals surface area contributed by atoms with Gasteiger partial charge in [-0.2, -0.15) is 0 Å². The number of rotatable bonds is 10. The molecule has 0 amide bonds. The molecule has 0 spiro atoms. The molecule has 9 aromatic carbocycles. The van der Waals surface area contributed by atoms with Gasteiger partial charge in [-0.05, 0) is 81.8 Å². The normalized spacial score (nSPS) is 11.3. The van der Waals surface area contributed by atoms with Gasteiger partial charge in [0.25, 0.3) is 0 Å². The third kappa shape index (κ3) is 8.24. The van der Waals surface area contributed by atoms with Crippen molar-refractivity contribution in [3.8, 4) is 50.3 Å². The van der Waals surface area contributed by atoms with Gasteiger partial charge in [-0.15, -0.1) is 0 Å². The molecule has 0 radical (unpaired) electrons. The van der Waals surface area contributed by atoms with Crippen molar-refractivity contribution in [2.45, 2.75) is 26.2 Å². The predicted octanol–water partition coefficient (Wildman–Crippen LogP) is 17.0. The highest BCUT2D eigenvalue weighted by Crippen LogP contribution is 2.52. The van der Waals surface area contributed by atoms with Gasteiger partial charge in [-0.1, -0.05) is 202 Å². The molecule has 0 bridgehead atoms. The zero-order chi connectivity index (χ0) is 42.6. The van der Waals surface area contributed by atoms with E-state index in [2.05, 4.69) is 219 Å². The highest BCUT2D eigenvalue weighted by Gasteiger charge is 2.28. The van der Waals surface area contributed by atoms with Crippen LogP contribution in [0, 0.1) is 0 Å². The largest absolute Gasteiger partial charge is 0.508 e. The molecule has 0 heterocycles. The van der Waals surface area contributed by atoms with Crippen molar-refractivity contribution in [3.05, 3.63) is 235 Å². The molecule has 0 saturated carbocycles. The number of phenols is 1. The third-order valence-electron chi connectivity index (χ3n) is 11.3. The molecule has 4 heteroatoms. The van der Waals surface area contributed by atoms with E-state index < -0.39 is 0 Å². The summed E-state index contributed by atoms with van der Waals surface area (Å²) in [6, 6.07) is 78.0. The van der Waals surface area contributed by atoms with Crippen molar-refractivity contribution < 1.29 is 5.11 Å². The lowest BCUT2D eigenvalue weighted by molar-refractivity contribution is 0.475. The summed E-state index contributed by atoms with van der Waals surface area (Å²) in [7, 11) is 0. The van der Waals surface area contributed by atoms with E-state index in [-0.39, 0.29) is 11.2 Å². The monoisotopic (exact) mass is 822 g/mol. The van der Waals surface area contributed by atoms with E-state index in [0.717, 1.165) is 84.2 Å². The predicted molar refractivity (Wildman–Crippen MR) is 263 cm³/mol. The minimum Gasteiger partial charge on any atom is -0.508 e. The second-order valence-corrected chi connectivity index (χ2v) is 17.0. The maximum absolute atomic E-state index is 11.2. The Morgan fingerprint density at radius 2 is 0.710 bits per heavy atom. The quantitative estimate of drug-likeness (QED) is 0.149. The van der Waals surface area contributed by atoms with Gasteiger partial charge < -0.3 is 14.9 Å². The van der Waals surface area contributed by atoms with Crippen molar-refractivity contribution in [2.75, 3.05) is 9.80 Å². The minimum absolute atomic E-state index is 0.183. The zero-order valence-electron chi connectivity index (χ0n) is 35.1. The topological polar surface area (TPSA) is 26.7 Å². The molecule has 1 N–H and O–H groups in total.